The summed E-state index contributed by atoms with van der Waals surface area (Å²) in [5.41, 5.74) is 0.560. The van der Waals surface area contributed by atoms with Gasteiger partial charge in [-0.05, 0) is 31.2 Å². The first kappa shape index (κ1) is 14.6. The number of nitrogens with one attached hydrogen (secondary N) is 1. The van der Waals surface area contributed by atoms with Crippen LogP contribution >= 0.6 is 0 Å². The molecule has 0 fully saturated rings. The first-order valence-corrected chi connectivity index (χ1v) is 6.20. The Labute approximate surface area is 120 Å². The smallest absolute Gasteiger partial charge is 0.286 e. The number of aryl methyl sites for hydroxylation is 1. The van der Waals surface area contributed by atoms with E-state index in [2.05, 4.69) is 5.32 Å². The van der Waals surface area contributed by atoms with Gasteiger partial charge < -0.3 is 14.5 Å². The number of ether oxygens (including phenoxy) is 1. The van der Waals surface area contributed by atoms with E-state index in [-0.39, 0.29) is 24.0 Å². The summed E-state index contributed by atoms with van der Waals surface area (Å²) < 4.78 is 10.8. The van der Waals surface area contributed by atoms with Crippen molar-refractivity contribution in [1.29, 1.82) is 0 Å². The number of hydrogen-bond donors (Lipinski definition) is 1. The van der Waals surface area contributed by atoms with Gasteiger partial charge in [0, 0.05) is 18.7 Å². The van der Waals surface area contributed by atoms with Gasteiger partial charge in [-0.15, -0.1) is 0 Å². The fraction of sp³-hybridized carbons (Fsp3) is 0.214. The van der Waals surface area contributed by atoms with E-state index in [0.717, 1.165) is 0 Å². The second-order valence-corrected chi connectivity index (χ2v) is 4.34. The molecule has 1 N–H and O–H groups in total. The predicted octanol–water partition coefficient (Wildman–Crippen LogP) is 2.43. The highest BCUT2D eigenvalue weighted by Gasteiger charge is 2.12. The number of amides is 1. The van der Waals surface area contributed by atoms with Gasteiger partial charge >= 0.3 is 0 Å². The lowest BCUT2D eigenvalue weighted by molar-refractivity contribution is -0.385. The lowest BCUT2D eigenvalue weighted by Crippen LogP contribution is -2.16. The van der Waals surface area contributed by atoms with E-state index in [1.165, 1.54) is 19.2 Å². The monoisotopic (exact) mass is 290 g/mol. The van der Waals surface area contributed by atoms with Crippen LogP contribution in [0.1, 0.15) is 21.9 Å². The van der Waals surface area contributed by atoms with Crippen LogP contribution in [0.5, 0.6) is 5.75 Å². The van der Waals surface area contributed by atoms with Gasteiger partial charge in [-0.1, -0.05) is 0 Å². The molecule has 0 saturated heterocycles. The van der Waals surface area contributed by atoms with Gasteiger partial charge in [0.05, 0.1) is 4.92 Å². The van der Waals surface area contributed by atoms with Crippen LogP contribution in [0.25, 0.3) is 0 Å². The third-order valence-corrected chi connectivity index (χ3v) is 2.86. The van der Waals surface area contributed by atoms with Crippen LogP contribution in [0, 0.1) is 17.0 Å². The van der Waals surface area contributed by atoms with Crippen molar-refractivity contribution in [2.75, 3.05) is 7.05 Å². The van der Waals surface area contributed by atoms with E-state index in [9.17, 15) is 14.9 Å². The molecule has 110 valence electrons. The quantitative estimate of drug-likeness (QED) is 0.674. The van der Waals surface area contributed by atoms with Crippen molar-refractivity contribution in [3.8, 4) is 5.75 Å². The van der Waals surface area contributed by atoms with Crippen LogP contribution in [0.4, 0.5) is 5.69 Å². The average molecular weight is 290 g/mol. The van der Waals surface area contributed by atoms with Crippen molar-refractivity contribution >= 4 is 11.6 Å². The molecular weight excluding hydrogens is 276 g/mol. The summed E-state index contributed by atoms with van der Waals surface area (Å²) in [6.07, 6.45) is 0. The highest BCUT2D eigenvalue weighted by molar-refractivity contribution is 5.91. The second-order valence-electron chi connectivity index (χ2n) is 4.34. The highest BCUT2D eigenvalue weighted by Crippen LogP contribution is 2.23. The van der Waals surface area contributed by atoms with E-state index in [4.69, 9.17) is 9.15 Å². The van der Waals surface area contributed by atoms with Crippen LogP contribution in [0.3, 0.4) is 0 Å². The van der Waals surface area contributed by atoms with E-state index >= 15 is 0 Å². The zero-order chi connectivity index (χ0) is 15.4. The Balaban J connectivity index is 2.03. The van der Waals surface area contributed by atoms with Crippen LogP contribution in [-0.2, 0) is 6.61 Å². The average Bonchev–Trinajstić information content (AvgIpc) is 2.92. The molecule has 0 aliphatic rings. The fourth-order valence-electron chi connectivity index (χ4n) is 1.78. The van der Waals surface area contributed by atoms with Crippen molar-refractivity contribution in [2.45, 2.75) is 13.5 Å². The number of hydrogen-bond acceptors (Lipinski definition) is 5. The van der Waals surface area contributed by atoms with E-state index in [0.29, 0.717) is 17.1 Å². The number of carbonyl (C=O) groups excluding carboxylic acids is 1. The number of furan rings is 1. The molecule has 1 aromatic heterocycles. The molecule has 21 heavy (non-hydrogen) atoms. The molecule has 1 aromatic carbocycles. The predicted molar refractivity (Wildman–Crippen MR) is 74.3 cm³/mol. The summed E-state index contributed by atoms with van der Waals surface area (Å²) in [6, 6.07) is 7.69. The van der Waals surface area contributed by atoms with Crippen LogP contribution < -0.4 is 10.1 Å². The Morgan fingerprint density at radius 1 is 1.38 bits per heavy atom. The molecule has 0 bridgehead atoms. The SMILES string of the molecule is CNC(=O)c1ccc(COc2ccc([N+](=O)[O-])c(C)c2)o1. The van der Waals surface area contributed by atoms with Crippen LogP contribution in [0.2, 0.25) is 0 Å². The van der Waals surface area contributed by atoms with Gasteiger partial charge in [0.15, 0.2) is 5.76 Å². The first-order valence-electron chi connectivity index (χ1n) is 6.20. The summed E-state index contributed by atoms with van der Waals surface area (Å²) in [7, 11) is 1.51. The Hall–Kier alpha value is -2.83. The largest absolute Gasteiger partial charge is 0.486 e. The molecule has 0 aliphatic carbocycles. The molecule has 7 nitrogen and oxygen atoms in total. The van der Waals surface area contributed by atoms with E-state index < -0.39 is 4.92 Å². The first-order chi connectivity index (χ1) is 10.0. The van der Waals surface area contributed by atoms with Gasteiger partial charge in [-0.2, -0.15) is 0 Å². The third-order valence-electron chi connectivity index (χ3n) is 2.86. The van der Waals surface area contributed by atoms with Gasteiger partial charge in [0.25, 0.3) is 11.6 Å². The minimum Gasteiger partial charge on any atom is -0.486 e. The Morgan fingerprint density at radius 2 is 2.14 bits per heavy atom. The molecule has 2 rings (SSSR count). The topological polar surface area (TPSA) is 94.6 Å². The third kappa shape index (κ3) is 3.38. The van der Waals surface area contributed by atoms with E-state index in [1.807, 2.05) is 0 Å². The Bertz CT molecular complexity index is 678. The molecule has 0 radical (unpaired) electrons. The molecule has 0 unspecified atom stereocenters. The molecule has 0 aliphatic heterocycles. The second kappa shape index (κ2) is 6.08. The highest BCUT2D eigenvalue weighted by atomic mass is 16.6. The van der Waals surface area contributed by atoms with Crippen molar-refractivity contribution in [1.82, 2.24) is 5.32 Å². The maximum Gasteiger partial charge on any atom is 0.286 e. The standard InChI is InChI=1S/C14H14N2O5/c1-9-7-10(3-5-12(9)16(18)19)20-8-11-4-6-13(21-11)14(17)15-2/h3-7H,8H2,1-2H3,(H,15,17). The summed E-state index contributed by atoms with van der Waals surface area (Å²) in [5, 5.41) is 13.2. The molecule has 0 atom stereocenters. The van der Waals surface area contributed by atoms with E-state index in [1.54, 1.807) is 25.1 Å². The van der Waals surface area contributed by atoms with Gasteiger partial charge in [-0.3, -0.25) is 14.9 Å². The minimum atomic E-state index is -0.443. The maximum atomic E-state index is 11.3. The summed E-state index contributed by atoms with van der Waals surface area (Å²) in [4.78, 5) is 21.6. The number of benzene rings is 1. The normalized spacial score (nSPS) is 10.2. The molecule has 0 saturated carbocycles. The van der Waals surface area contributed by atoms with Crippen molar-refractivity contribution < 1.29 is 18.9 Å². The van der Waals surface area contributed by atoms with Gasteiger partial charge in [0.2, 0.25) is 0 Å². The summed E-state index contributed by atoms with van der Waals surface area (Å²) in [5.74, 6) is 0.879. The molecule has 1 amide bonds. The number of carbonyl (C=O) groups is 1. The zero-order valence-electron chi connectivity index (χ0n) is 11.6. The molecular formula is C14H14N2O5. The molecule has 1 heterocycles. The molecule has 7 heteroatoms. The Kier molecular flexibility index (Phi) is 4.22. The van der Waals surface area contributed by atoms with Crippen molar-refractivity contribution in [3.05, 3.63) is 57.5 Å². The lowest BCUT2D eigenvalue weighted by Gasteiger charge is -2.05. The van der Waals surface area contributed by atoms with Crippen LogP contribution in [-0.4, -0.2) is 17.9 Å². The molecule has 2 aromatic rings. The zero-order valence-corrected chi connectivity index (χ0v) is 11.6. The molecule has 0 spiro atoms. The lowest BCUT2D eigenvalue weighted by atomic mass is 10.2. The number of rotatable bonds is 5. The van der Waals surface area contributed by atoms with Gasteiger partial charge in [-0.25, -0.2) is 0 Å². The number of nitro groups is 1. The summed E-state index contributed by atoms with van der Waals surface area (Å²) >= 11 is 0. The minimum absolute atomic E-state index is 0.0438. The maximum absolute atomic E-state index is 11.3. The van der Waals surface area contributed by atoms with Crippen molar-refractivity contribution in [2.24, 2.45) is 0 Å². The fourth-order valence-corrected chi connectivity index (χ4v) is 1.78. The number of nitrogens with zero attached hydrogens (tertiary/aromatic N) is 1. The number of nitro benzene ring substituents is 1. The Morgan fingerprint density at radius 3 is 2.76 bits per heavy atom. The van der Waals surface area contributed by atoms with Crippen LogP contribution in [0.15, 0.2) is 34.7 Å². The summed E-state index contributed by atoms with van der Waals surface area (Å²) in [6.45, 7) is 1.77. The van der Waals surface area contributed by atoms with Gasteiger partial charge in [0.1, 0.15) is 18.1 Å². The van der Waals surface area contributed by atoms with Crippen molar-refractivity contribution in [3.63, 3.8) is 0 Å².